The molecule has 0 radical (unpaired) electrons. The second-order valence-electron chi connectivity index (χ2n) is 8.25. The van der Waals surface area contributed by atoms with Crippen molar-refractivity contribution < 1.29 is 9.59 Å². The molecular formula is C24H34N4O2. The predicted molar refractivity (Wildman–Crippen MR) is 118 cm³/mol. The molecule has 162 valence electrons. The first kappa shape index (κ1) is 22.1. The van der Waals surface area contributed by atoms with E-state index in [9.17, 15) is 9.59 Å². The fourth-order valence-corrected chi connectivity index (χ4v) is 4.05. The first-order chi connectivity index (χ1) is 14.5. The summed E-state index contributed by atoms with van der Waals surface area (Å²) in [5, 5.41) is 4.29. The molecule has 2 aromatic rings. The summed E-state index contributed by atoms with van der Waals surface area (Å²) in [6.45, 7) is 9.83. The van der Waals surface area contributed by atoms with Gasteiger partial charge in [0.05, 0.1) is 6.20 Å². The van der Waals surface area contributed by atoms with Crippen LogP contribution in [0.2, 0.25) is 0 Å². The SMILES string of the molecule is CCN(Cc1cnn(CC)c1)C(=O)CCC1CCN(C(=O)c2ccc(C)cc2)CC1. The third-order valence-corrected chi connectivity index (χ3v) is 6.09. The van der Waals surface area contributed by atoms with Crippen LogP contribution < -0.4 is 0 Å². The zero-order valence-corrected chi connectivity index (χ0v) is 18.5. The normalized spacial score (nSPS) is 14.7. The van der Waals surface area contributed by atoms with Gasteiger partial charge in [0.1, 0.15) is 0 Å². The quantitative estimate of drug-likeness (QED) is 0.663. The van der Waals surface area contributed by atoms with E-state index in [1.165, 1.54) is 0 Å². The van der Waals surface area contributed by atoms with Crippen LogP contribution in [0.25, 0.3) is 0 Å². The first-order valence-electron chi connectivity index (χ1n) is 11.1. The molecule has 1 saturated heterocycles. The molecule has 30 heavy (non-hydrogen) atoms. The largest absolute Gasteiger partial charge is 0.339 e. The van der Waals surface area contributed by atoms with Crippen molar-refractivity contribution in [2.75, 3.05) is 19.6 Å². The minimum absolute atomic E-state index is 0.120. The Morgan fingerprint density at radius 2 is 1.83 bits per heavy atom. The Hall–Kier alpha value is -2.63. The van der Waals surface area contributed by atoms with Gasteiger partial charge in [0.15, 0.2) is 0 Å². The van der Waals surface area contributed by atoms with E-state index in [2.05, 4.69) is 12.0 Å². The van der Waals surface area contributed by atoms with E-state index in [0.29, 0.717) is 25.4 Å². The van der Waals surface area contributed by atoms with Crippen molar-refractivity contribution in [3.05, 3.63) is 53.3 Å². The fraction of sp³-hybridized carbons (Fsp3) is 0.542. The zero-order chi connectivity index (χ0) is 21.5. The van der Waals surface area contributed by atoms with Gasteiger partial charge in [-0.05, 0) is 58.1 Å². The molecule has 0 spiro atoms. The standard InChI is InChI=1S/C24H34N4O2/c1-4-26(17-21-16-25-28(5-2)18-21)23(29)11-8-20-12-14-27(15-13-20)24(30)22-9-6-19(3)7-10-22/h6-7,9-10,16,18,20H,4-5,8,11-15,17H2,1-3H3. The average molecular weight is 411 g/mol. The van der Waals surface area contributed by atoms with Crippen LogP contribution >= 0.6 is 0 Å². The topological polar surface area (TPSA) is 58.4 Å². The monoisotopic (exact) mass is 410 g/mol. The second kappa shape index (κ2) is 10.4. The lowest BCUT2D eigenvalue weighted by atomic mass is 9.91. The Kier molecular flexibility index (Phi) is 7.66. The van der Waals surface area contributed by atoms with Crippen LogP contribution in [0.4, 0.5) is 0 Å². The molecule has 1 aliphatic rings. The number of hydrogen-bond acceptors (Lipinski definition) is 3. The Morgan fingerprint density at radius 3 is 2.43 bits per heavy atom. The summed E-state index contributed by atoms with van der Waals surface area (Å²) in [5.74, 6) is 0.840. The van der Waals surface area contributed by atoms with E-state index in [-0.39, 0.29) is 11.8 Å². The van der Waals surface area contributed by atoms with Gasteiger partial charge in [0, 0.05) is 56.5 Å². The lowest BCUT2D eigenvalue weighted by molar-refractivity contribution is -0.132. The molecule has 1 aromatic heterocycles. The molecule has 1 aliphatic heterocycles. The summed E-state index contributed by atoms with van der Waals surface area (Å²) in [7, 11) is 0. The van der Waals surface area contributed by atoms with Gasteiger partial charge in [-0.1, -0.05) is 17.7 Å². The summed E-state index contributed by atoms with van der Waals surface area (Å²) >= 11 is 0. The molecule has 0 unspecified atom stereocenters. The number of rotatable bonds is 8. The van der Waals surface area contributed by atoms with E-state index < -0.39 is 0 Å². The van der Waals surface area contributed by atoms with E-state index >= 15 is 0 Å². The van der Waals surface area contributed by atoms with Crippen LogP contribution in [0.1, 0.15) is 61.0 Å². The lowest BCUT2D eigenvalue weighted by Gasteiger charge is -2.32. The molecule has 1 fully saturated rings. The van der Waals surface area contributed by atoms with E-state index in [1.54, 1.807) is 0 Å². The molecule has 6 nitrogen and oxygen atoms in total. The highest BCUT2D eigenvalue weighted by molar-refractivity contribution is 5.94. The summed E-state index contributed by atoms with van der Waals surface area (Å²) in [4.78, 5) is 29.2. The van der Waals surface area contributed by atoms with E-state index in [1.807, 2.05) is 65.0 Å². The molecule has 3 rings (SSSR count). The van der Waals surface area contributed by atoms with Crippen molar-refractivity contribution in [2.45, 2.75) is 59.5 Å². The highest BCUT2D eigenvalue weighted by Gasteiger charge is 2.24. The number of amides is 2. The Balaban J connectivity index is 1.43. The maximum absolute atomic E-state index is 12.7. The van der Waals surface area contributed by atoms with Gasteiger partial charge in [-0.25, -0.2) is 0 Å². The molecule has 0 N–H and O–H groups in total. The number of aromatic nitrogens is 2. The van der Waals surface area contributed by atoms with Crippen LogP contribution in [-0.4, -0.2) is 51.0 Å². The van der Waals surface area contributed by atoms with Crippen molar-refractivity contribution in [2.24, 2.45) is 5.92 Å². The van der Waals surface area contributed by atoms with Crippen LogP contribution in [0.15, 0.2) is 36.7 Å². The van der Waals surface area contributed by atoms with Crippen molar-refractivity contribution in [3.8, 4) is 0 Å². The third-order valence-electron chi connectivity index (χ3n) is 6.09. The van der Waals surface area contributed by atoms with Gasteiger partial charge < -0.3 is 9.80 Å². The number of hydrogen-bond donors (Lipinski definition) is 0. The highest BCUT2D eigenvalue weighted by Crippen LogP contribution is 2.24. The number of benzene rings is 1. The van der Waals surface area contributed by atoms with Crippen molar-refractivity contribution in [1.29, 1.82) is 0 Å². The first-order valence-corrected chi connectivity index (χ1v) is 11.1. The highest BCUT2D eigenvalue weighted by atomic mass is 16.2. The lowest BCUT2D eigenvalue weighted by Crippen LogP contribution is -2.39. The molecule has 0 atom stereocenters. The van der Waals surface area contributed by atoms with Crippen LogP contribution in [0, 0.1) is 12.8 Å². The van der Waals surface area contributed by atoms with Crippen LogP contribution in [0.5, 0.6) is 0 Å². The number of piperidine rings is 1. The molecule has 2 amide bonds. The van der Waals surface area contributed by atoms with Crippen LogP contribution in [-0.2, 0) is 17.9 Å². The van der Waals surface area contributed by atoms with Gasteiger partial charge in [0.2, 0.25) is 5.91 Å². The molecule has 0 saturated carbocycles. The number of carbonyl (C=O) groups excluding carboxylic acids is 2. The zero-order valence-electron chi connectivity index (χ0n) is 18.5. The Bertz CT molecular complexity index is 835. The predicted octanol–water partition coefficient (Wildman–Crippen LogP) is 3.89. The van der Waals surface area contributed by atoms with Crippen molar-refractivity contribution in [3.63, 3.8) is 0 Å². The molecule has 0 bridgehead atoms. The number of likely N-dealkylation sites (tertiary alicyclic amines) is 1. The smallest absolute Gasteiger partial charge is 0.253 e. The molecule has 1 aromatic carbocycles. The van der Waals surface area contributed by atoms with E-state index in [4.69, 9.17) is 0 Å². The van der Waals surface area contributed by atoms with Gasteiger partial charge in [0.25, 0.3) is 5.91 Å². The van der Waals surface area contributed by atoms with Crippen molar-refractivity contribution in [1.82, 2.24) is 19.6 Å². The Morgan fingerprint density at radius 1 is 1.13 bits per heavy atom. The van der Waals surface area contributed by atoms with Crippen LogP contribution in [0.3, 0.4) is 0 Å². The summed E-state index contributed by atoms with van der Waals surface area (Å²) in [5.41, 5.74) is 3.00. The number of aryl methyl sites for hydroxylation is 2. The minimum Gasteiger partial charge on any atom is -0.339 e. The summed E-state index contributed by atoms with van der Waals surface area (Å²) < 4.78 is 1.89. The summed E-state index contributed by atoms with van der Waals surface area (Å²) in [6.07, 6.45) is 7.28. The molecule has 0 aliphatic carbocycles. The minimum atomic E-state index is 0.120. The number of carbonyl (C=O) groups is 2. The van der Waals surface area contributed by atoms with E-state index in [0.717, 1.165) is 55.6 Å². The fourth-order valence-electron chi connectivity index (χ4n) is 4.05. The average Bonchev–Trinajstić information content (AvgIpc) is 3.24. The molecular weight excluding hydrogens is 376 g/mol. The van der Waals surface area contributed by atoms with Gasteiger partial charge in [-0.2, -0.15) is 5.10 Å². The van der Waals surface area contributed by atoms with Gasteiger partial charge in [-0.3, -0.25) is 14.3 Å². The number of nitrogens with zero attached hydrogens (tertiary/aromatic N) is 4. The maximum Gasteiger partial charge on any atom is 0.253 e. The molecule has 6 heteroatoms. The second-order valence-corrected chi connectivity index (χ2v) is 8.25. The van der Waals surface area contributed by atoms with Gasteiger partial charge in [-0.15, -0.1) is 0 Å². The van der Waals surface area contributed by atoms with Crippen molar-refractivity contribution >= 4 is 11.8 Å². The maximum atomic E-state index is 12.7. The Labute approximate surface area is 179 Å². The molecule has 2 heterocycles. The third kappa shape index (κ3) is 5.71. The van der Waals surface area contributed by atoms with Gasteiger partial charge >= 0.3 is 0 Å². The summed E-state index contributed by atoms with van der Waals surface area (Å²) in [6, 6.07) is 7.79.